The monoisotopic (exact) mass is 401 g/mol. The number of hydrogen-bond acceptors (Lipinski definition) is 4. The Hall–Kier alpha value is -3.38. The van der Waals surface area contributed by atoms with Gasteiger partial charge in [0.15, 0.2) is 0 Å². The van der Waals surface area contributed by atoms with Gasteiger partial charge in [-0.3, -0.25) is 14.5 Å². The first-order valence-corrected chi connectivity index (χ1v) is 10.3. The minimum atomic E-state index is -0.178. The molecule has 0 radical (unpaired) electrons. The van der Waals surface area contributed by atoms with E-state index in [1.807, 2.05) is 48.5 Å². The first kappa shape index (κ1) is 18.6. The molecule has 0 bridgehead atoms. The molecule has 1 aromatic heterocycles. The van der Waals surface area contributed by atoms with Crippen LogP contribution in [0.3, 0.4) is 0 Å². The number of piperidine rings is 1. The summed E-state index contributed by atoms with van der Waals surface area (Å²) in [4.78, 5) is 27.2. The number of fused-ring (bicyclic) bond motifs is 2. The van der Waals surface area contributed by atoms with Crippen LogP contribution in [-0.4, -0.2) is 36.3 Å². The zero-order chi connectivity index (χ0) is 20.5. The van der Waals surface area contributed by atoms with Gasteiger partial charge in [0, 0.05) is 22.3 Å². The van der Waals surface area contributed by atoms with Crippen molar-refractivity contribution < 1.29 is 14.0 Å². The van der Waals surface area contributed by atoms with E-state index in [-0.39, 0.29) is 11.8 Å². The Morgan fingerprint density at radius 1 is 1.10 bits per heavy atom. The first-order chi connectivity index (χ1) is 14.7. The average Bonchev–Trinajstić information content (AvgIpc) is 3.29. The zero-order valence-electron chi connectivity index (χ0n) is 16.6. The van der Waals surface area contributed by atoms with Gasteiger partial charge in [-0.1, -0.05) is 24.6 Å². The van der Waals surface area contributed by atoms with Gasteiger partial charge in [-0.05, 0) is 62.3 Å². The van der Waals surface area contributed by atoms with Gasteiger partial charge in [0.1, 0.15) is 11.3 Å². The molecule has 2 aliphatic rings. The molecular formula is C24H23N3O3. The Morgan fingerprint density at radius 2 is 1.93 bits per heavy atom. The molecule has 0 unspecified atom stereocenters. The molecule has 3 heterocycles. The summed E-state index contributed by atoms with van der Waals surface area (Å²) >= 11 is 0. The highest BCUT2D eigenvalue weighted by molar-refractivity contribution is 6.35. The number of anilines is 2. The van der Waals surface area contributed by atoms with Crippen LogP contribution < -0.4 is 10.6 Å². The molecule has 1 saturated heterocycles. The topological polar surface area (TPSA) is 74.6 Å². The number of rotatable bonds is 4. The fraction of sp³-hybridized carbons (Fsp3) is 0.250. The van der Waals surface area contributed by atoms with E-state index in [4.69, 9.17) is 4.42 Å². The molecule has 6 heteroatoms. The van der Waals surface area contributed by atoms with Crippen molar-refractivity contribution in [1.82, 2.24) is 4.90 Å². The smallest absolute Gasteiger partial charge is 0.256 e. The third-order valence-electron chi connectivity index (χ3n) is 5.63. The van der Waals surface area contributed by atoms with Crippen molar-refractivity contribution in [3.8, 4) is 0 Å². The summed E-state index contributed by atoms with van der Waals surface area (Å²) in [5.41, 5.74) is 3.48. The van der Waals surface area contributed by atoms with E-state index in [2.05, 4.69) is 15.5 Å². The van der Waals surface area contributed by atoms with E-state index in [1.165, 1.54) is 6.42 Å². The maximum Gasteiger partial charge on any atom is 0.256 e. The highest BCUT2D eigenvalue weighted by Crippen LogP contribution is 2.35. The van der Waals surface area contributed by atoms with Crippen molar-refractivity contribution in [3.05, 3.63) is 59.9 Å². The third kappa shape index (κ3) is 3.74. The fourth-order valence-electron chi connectivity index (χ4n) is 4.15. The summed E-state index contributed by atoms with van der Waals surface area (Å²) in [6.07, 6.45) is 5.29. The molecule has 152 valence electrons. The summed E-state index contributed by atoms with van der Waals surface area (Å²) in [6.45, 7) is 2.34. The molecule has 5 rings (SSSR count). The van der Waals surface area contributed by atoms with E-state index in [9.17, 15) is 9.59 Å². The van der Waals surface area contributed by atoms with E-state index >= 15 is 0 Å². The predicted octanol–water partition coefficient (Wildman–Crippen LogP) is 4.35. The number of nitrogens with one attached hydrogen (secondary N) is 2. The summed E-state index contributed by atoms with van der Waals surface area (Å²) in [6, 6.07) is 15.1. The molecule has 30 heavy (non-hydrogen) atoms. The second-order valence-corrected chi connectivity index (χ2v) is 7.84. The molecule has 0 spiro atoms. The molecular weight excluding hydrogens is 378 g/mol. The standard InChI is InChI=1S/C24H23N3O3/c28-23(15-27-10-4-1-5-11-27)25-17-8-9-21-19(13-17)20(24(29)26-21)14-18-12-16-6-2-3-7-22(16)30-18/h2-3,6-9,12-14H,1,4-5,10-11,15H2,(H,25,28)(H,26,29)/b20-14+. The quantitative estimate of drug-likeness (QED) is 0.638. The Labute approximate surface area is 174 Å². The Kier molecular flexibility index (Phi) is 4.85. The molecule has 2 N–H and O–H groups in total. The van der Waals surface area contributed by atoms with Crippen LogP contribution in [0.5, 0.6) is 0 Å². The Morgan fingerprint density at radius 3 is 2.77 bits per heavy atom. The lowest BCUT2D eigenvalue weighted by Gasteiger charge is -2.25. The van der Waals surface area contributed by atoms with Crippen molar-refractivity contribution in [2.75, 3.05) is 30.3 Å². The largest absolute Gasteiger partial charge is 0.457 e. The van der Waals surface area contributed by atoms with Gasteiger partial charge in [0.05, 0.1) is 12.1 Å². The van der Waals surface area contributed by atoms with E-state index in [0.29, 0.717) is 23.6 Å². The van der Waals surface area contributed by atoms with Crippen LogP contribution in [-0.2, 0) is 9.59 Å². The summed E-state index contributed by atoms with van der Waals surface area (Å²) in [5.74, 6) is 0.410. The fourth-order valence-corrected chi connectivity index (χ4v) is 4.15. The lowest BCUT2D eigenvalue weighted by molar-refractivity contribution is -0.117. The van der Waals surface area contributed by atoms with Gasteiger partial charge in [-0.2, -0.15) is 0 Å². The van der Waals surface area contributed by atoms with Crippen LogP contribution in [0.2, 0.25) is 0 Å². The minimum Gasteiger partial charge on any atom is -0.457 e. The van der Waals surface area contributed by atoms with E-state index in [0.717, 1.165) is 48.2 Å². The lowest BCUT2D eigenvalue weighted by atomic mass is 10.1. The van der Waals surface area contributed by atoms with Crippen LogP contribution in [0.15, 0.2) is 52.9 Å². The number of nitrogens with zero attached hydrogens (tertiary/aromatic N) is 1. The number of hydrogen-bond donors (Lipinski definition) is 2. The normalized spacial score (nSPS) is 17.9. The molecule has 2 amide bonds. The van der Waals surface area contributed by atoms with Gasteiger partial charge < -0.3 is 15.1 Å². The number of para-hydroxylation sites is 1. The number of likely N-dealkylation sites (tertiary alicyclic amines) is 1. The van der Waals surface area contributed by atoms with Gasteiger partial charge in [-0.25, -0.2) is 0 Å². The van der Waals surface area contributed by atoms with Crippen molar-refractivity contribution >= 4 is 45.8 Å². The summed E-state index contributed by atoms with van der Waals surface area (Å²) in [5, 5.41) is 6.83. The van der Waals surface area contributed by atoms with Crippen molar-refractivity contribution in [2.45, 2.75) is 19.3 Å². The van der Waals surface area contributed by atoms with E-state index in [1.54, 1.807) is 6.08 Å². The molecule has 2 aromatic carbocycles. The molecule has 0 aliphatic carbocycles. The average molecular weight is 401 g/mol. The number of furan rings is 1. The SMILES string of the molecule is O=C(CN1CCCCC1)Nc1ccc2c(c1)/C(=C\c1cc3ccccc3o1)C(=O)N2. The highest BCUT2D eigenvalue weighted by atomic mass is 16.3. The number of carbonyl (C=O) groups is 2. The van der Waals surface area contributed by atoms with Gasteiger partial charge in [0.25, 0.3) is 5.91 Å². The maximum atomic E-state index is 12.5. The minimum absolute atomic E-state index is 0.0306. The highest BCUT2D eigenvalue weighted by Gasteiger charge is 2.25. The van der Waals surface area contributed by atoms with E-state index < -0.39 is 0 Å². The second kappa shape index (κ2) is 7.80. The first-order valence-electron chi connectivity index (χ1n) is 10.3. The number of benzene rings is 2. The third-order valence-corrected chi connectivity index (χ3v) is 5.63. The summed E-state index contributed by atoms with van der Waals surface area (Å²) < 4.78 is 5.84. The molecule has 3 aromatic rings. The molecule has 1 fully saturated rings. The Bertz CT molecular complexity index is 1120. The van der Waals surface area contributed by atoms with Gasteiger partial charge in [0.2, 0.25) is 5.91 Å². The van der Waals surface area contributed by atoms with Crippen molar-refractivity contribution in [2.24, 2.45) is 0 Å². The van der Waals surface area contributed by atoms with Crippen LogP contribution >= 0.6 is 0 Å². The lowest BCUT2D eigenvalue weighted by Crippen LogP contribution is -2.36. The molecule has 0 atom stereocenters. The van der Waals surface area contributed by atoms with Crippen LogP contribution in [0.1, 0.15) is 30.6 Å². The van der Waals surface area contributed by atoms with Crippen LogP contribution in [0.4, 0.5) is 11.4 Å². The number of carbonyl (C=O) groups excluding carboxylic acids is 2. The number of amides is 2. The maximum absolute atomic E-state index is 12.5. The zero-order valence-corrected chi connectivity index (χ0v) is 16.6. The van der Waals surface area contributed by atoms with Gasteiger partial charge >= 0.3 is 0 Å². The van der Waals surface area contributed by atoms with Crippen LogP contribution in [0.25, 0.3) is 22.6 Å². The summed E-state index contributed by atoms with van der Waals surface area (Å²) in [7, 11) is 0. The molecule has 6 nitrogen and oxygen atoms in total. The van der Waals surface area contributed by atoms with Crippen molar-refractivity contribution in [1.29, 1.82) is 0 Å². The van der Waals surface area contributed by atoms with Gasteiger partial charge in [-0.15, -0.1) is 0 Å². The molecule has 2 aliphatic heterocycles. The molecule has 0 saturated carbocycles. The Balaban J connectivity index is 1.38. The second-order valence-electron chi connectivity index (χ2n) is 7.84. The van der Waals surface area contributed by atoms with Crippen LogP contribution in [0, 0.1) is 0 Å². The van der Waals surface area contributed by atoms with Crippen molar-refractivity contribution in [3.63, 3.8) is 0 Å². The predicted molar refractivity (Wildman–Crippen MR) is 118 cm³/mol.